The minimum absolute atomic E-state index is 0.0793. The number of amides is 1. The van der Waals surface area contributed by atoms with Crippen LogP contribution in [0.3, 0.4) is 0 Å². The minimum atomic E-state index is -1.12. The van der Waals surface area contributed by atoms with E-state index in [1.54, 1.807) is 20.8 Å². The SMILES string of the molecule is CC(C)(C)OC(=O)N1CCC[C@@H]1C(=O)OC(Cc1ccccc1)C(=O)OCc1ccccc1. The number of esters is 2. The maximum Gasteiger partial charge on any atom is 0.411 e. The van der Waals surface area contributed by atoms with Crippen LogP contribution in [0.5, 0.6) is 0 Å². The van der Waals surface area contributed by atoms with Crippen molar-refractivity contribution in [1.82, 2.24) is 4.90 Å². The maximum absolute atomic E-state index is 13.0. The summed E-state index contributed by atoms with van der Waals surface area (Å²) in [6.07, 6.45) is -0.395. The van der Waals surface area contributed by atoms with Gasteiger partial charge in [-0.05, 0) is 44.7 Å². The van der Waals surface area contributed by atoms with Crippen molar-refractivity contribution in [1.29, 1.82) is 0 Å². The zero-order valence-corrected chi connectivity index (χ0v) is 19.4. The highest BCUT2D eigenvalue weighted by molar-refractivity contribution is 5.85. The van der Waals surface area contributed by atoms with Crippen LogP contribution in [0.1, 0.15) is 44.7 Å². The van der Waals surface area contributed by atoms with Crippen molar-refractivity contribution in [3.05, 3.63) is 71.8 Å². The fraction of sp³-hybridized carbons (Fsp3) is 0.423. The molecule has 0 aromatic heterocycles. The second kappa shape index (κ2) is 11.0. The maximum atomic E-state index is 13.0. The molecule has 1 aliphatic heterocycles. The number of rotatable bonds is 7. The average molecular weight is 454 g/mol. The number of hydrogen-bond acceptors (Lipinski definition) is 6. The predicted molar refractivity (Wildman–Crippen MR) is 122 cm³/mol. The smallest absolute Gasteiger partial charge is 0.411 e. The molecule has 1 aliphatic rings. The Balaban J connectivity index is 1.69. The van der Waals surface area contributed by atoms with Crippen molar-refractivity contribution < 1.29 is 28.6 Å². The highest BCUT2D eigenvalue weighted by Gasteiger charge is 2.39. The molecule has 0 N–H and O–H groups in total. The van der Waals surface area contributed by atoms with Crippen LogP contribution >= 0.6 is 0 Å². The molecular formula is C26H31NO6. The normalized spacial score (nSPS) is 16.7. The molecule has 7 heteroatoms. The van der Waals surface area contributed by atoms with Crippen LogP contribution in [-0.4, -0.2) is 47.2 Å². The first kappa shape index (κ1) is 24.3. The minimum Gasteiger partial charge on any atom is -0.458 e. The van der Waals surface area contributed by atoms with Crippen molar-refractivity contribution in [2.24, 2.45) is 0 Å². The van der Waals surface area contributed by atoms with Gasteiger partial charge in [-0.25, -0.2) is 14.4 Å². The van der Waals surface area contributed by atoms with Gasteiger partial charge in [-0.15, -0.1) is 0 Å². The zero-order chi connectivity index (χ0) is 23.8. The predicted octanol–water partition coefficient (Wildman–Crippen LogP) is 4.28. The summed E-state index contributed by atoms with van der Waals surface area (Å²) in [5.41, 5.74) is 0.996. The van der Waals surface area contributed by atoms with E-state index in [1.807, 2.05) is 60.7 Å². The van der Waals surface area contributed by atoms with Gasteiger partial charge in [0.1, 0.15) is 18.2 Å². The molecule has 1 saturated heterocycles. The molecule has 7 nitrogen and oxygen atoms in total. The lowest BCUT2D eigenvalue weighted by atomic mass is 10.1. The molecule has 2 aromatic carbocycles. The van der Waals surface area contributed by atoms with Gasteiger partial charge < -0.3 is 14.2 Å². The van der Waals surface area contributed by atoms with Crippen molar-refractivity contribution in [2.75, 3.05) is 6.54 Å². The lowest BCUT2D eigenvalue weighted by Gasteiger charge is -2.28. The van der Waals surface area contributed by atoms with Gasteiger partial charge in [-0.3, -0.25) is 4.90 Å². The van der Waals surface area contributed by atoms with Crippen molar-refractivity contribution in [3.63, 3.8) is 0 Å². The van der Waals surface area contributed by atoms with Crippen molar-refractivity contribution in [3.8, 4) is 0 Å². The fourth-order valence-corrected chi connectivity index (χ4v) is 3.59. The Bertz CT molecular complexity index is 938. The van der Waals surface area contributed by atoms with Crippen molar-refractivity contribution >= 4 is 18.0 Å². The van der Waals surface area contributed by atoms with Gasteiger partial charge in [0.25, 0.3) is 0 Å². The van der Waals surface area contributed by atoms with Crippen LogP contribution < -0.4 is 0 Å². The fourth-order valence-electron chi connectivity index (χ4n) is 3.59. The number of nitrogens with zero attached hydrogens (tertiary/aromatic N) is 1. The summed E-state index contributed by atoms with van der Waals surface area (Å²) in [4.78, 5) is 39.8. The van der Waals surface area contributed by atoms with E-state index in [-0.39, 0.29) is 13.0 Å². The van der Waals surface area contributed by atoms with E-state index >= 15 is 0 Å². The van der Waals surface area contributed by atoms with E-state index in [0.29, 0.717) is 19.4 Å². The molecule has 1 heterocycles. The molecule has 0 spiro atoms. The second-order valence-corrected chi connectivity index (χ2v) is 9.04. The molecule has 3 rings (SSSR count). The summed E-state index contributed by atoms with van der Waals surface area (Å²) in [6.45, 7) is 5.79. The van der Waals surface area contributed by atoms with Crippen LogP contribution in [0.2, 0.25) is 0 Å². The largest absolute Gasteiger partial charge is 0.458 e. The Hall–Kier alpha value is -3.35. The Morgan fingerprint density at radius 3 is 2.18 bits per heavy atom. The van der Waals surface area contributed by atoms with Crippen LogP contribution in [0.25, 0.3) is 0 Å². The van der Waals surface area contributed by atoms with E-state index in [4.69, 9.17) is 14.2 Å². The monoisotopic (exact) mass is 453 g/mol. The molecule has 2 aromatic rings. The zero-order valence-electron chi connectivity index (χ0n) is 19.4. The lowest BCUT2D eigenvalue weighted by Crippen LogP contribution is -2.45. The summed E-state index contributed by atoms with van der Waals surface area (Å²) in [7, 11) is 0. The first-order chi connectivity index (χ1) is 15.7. The van der Waals surface area contributed by atoms with E-state index in [0.717, 1.165) is 11.1 Å². The molecular weight excluding hydrogens is 422 g/mol. The third-order valence-electron chi connectivity index (χ3n) is 5.16. The first-order valence-electron chi connectivity index (χ1n) is 11.2. The third-order valence-corrected chi connectivity index (χ3v) is 5.16. The van der Waals surface area contributed by atoms with Crippen LogP contribution in [0.15, 0.2) is 60.7 Å². The number of ether oxygens (including phenoxy) is 3. The molecule has 176 valence electrons. The molecule has 1 amide bonds. The number of hydrogen-bond donors (Lipinski definition) is 0. The van der Waals surface area contributed by atoms with Gasteiger partial charge in [0, 0.05) is 13.0 Å². The quantitative estimate of drug-likeness (QED) is 0.460. The molecule has 0 saturated carbocycles. The molecule has 2 atom stereocenters. The van der Waals surface area contributed by atoms with Gasteiger partial charge in [0.15, 0.2) is 0 Å². The summed E-state index contributed by atoms with van der Waals surface area (Å²) in [5, 5.41) is 0. The Kier molecular flexibility index (Phi) is 8.09. The molecule has 1 fully saturated rings. The van der Waals surface area contributed by atoms with Gasteiger partial charge in [0.2, 0.25) is 6.10 Å². The van der Waals surface area contributed by atoms with Crippen LogP contribution in [0.4, 0.5) is 4.79 Å². The summed E-state index contributed by atoms with van der Waals surface area (Å²) in [6, 6.07) is 17.8. The van der Waals surface area contributed by atoms with Gasteiger partial charge >= 0.3 is 18.0 Å². The Morgan fingerprint density at radius 1 is 0.970 bits per heavy atom. The third kappa shape index (κ3) is 7.34. The van der Waals surface area contributed by atoms with Crippen LogP contribution in [0, 0.1) is 0 Å². The topological polar surface area (TPSA) is 82.1 Å². The number of carbonyl (C=O) groups excluding carboxylic acids is 3. The van der Waals surface area contributed by atoms with E-state index in [9.17, 15) is 14.4 Å². The summed E-state index contributed by atoms with van der Waals surface area (Å²) < 4.78 is 16.5. The number of carbonyl (C=O) groups is 3. The molecule has 0 bridgehead atoms. The van der Waals surface area contributed by atoms with E-state index in [1.165, 1.54) is 4.90 Å². The van der Waals surface area contributed by atoms with E-state index in [2.05, 4.69) is 0 Å². The highest BCUT2D eigenvalue weighted by Crippen LogP contribution is 2.23. The molecule has 0 aliphatic carbocycles. The van der Waals surface area contributed by atoms with Gasteiger partial charge in [0.05, 0.1) is 0 Å². The van der Waals surface area contributed by atoms with E-state index < -0.39 is 35.8 Å². The number of likely N-dealkylation sites (tertiary alicyclic amines) is 1. The Morgan fingerprint density at radius 2 is 1.58 bits per heavy atom. The van der Waals surface area contributed by atoms with Gasteiger partial charge in [-0.2, -0.15) is 0 Å². The lowest BCUT2D eigenvalue weighted by molar-refractivity contribution is -0.171. The van der Waals surface area contributed by atoms with Crippen molar-refractivity contribution in [2.45, 2.75) is 64.4 Å². The number of benzene rings is 2. The second-order valence-electron chi connectivity index (χ2n) is 9.04. The average Bonchev–Trinajstić information content (AvgIpc) is 3.28. The molecule has 33 heavy (non-hydrogen) atoms. The highest BCUT2D eigenvalue weighted by atomic mass is 16.6. The molecule has 1 unspecified atom stereocenters. The summed E-state index contributed by atoms with van der Waals surface area (Å²) in [5.74, 6) is -1.26. The van der Waals surface area contributed by atoms with Gasteiger partial charge in [-0.1, -0.05) is 60.7 Å². The summed E-state index contributed by atoms with van der Waals surface area (Å²) >= 11 is 0. The first-order valence-corrected chi connectivity index (χ1v) is 11.2. The standard InChI is InChI=1S/C26H31NO6/c1-26(2,3)33-25(30)27-16-10-15-21(27)23(28)32-22(17-19-11-6-4-7-12-19)24(29)31-18-20-13-8-5-9-14-20/h4-9,11-14,21-22H,10,15-18H2,1-3H3/t21-,22?/m1/s1. The Labute approximate surface area is 194 Å². The van der Waals surface area contributed by atoms with Crippen LogP contribution in [-0.2, 0) is 36.8 Å². The molecule has 0 radical (unpaired) electrons.